The van der Waals surface area contributed by atoms with Crippen molar-refractivity contribution in [3.8, 4) is 11.6 Å². The van der Waals surface area contributed by atoms with Gasteiger partial charge in [-0.25, -0.2) is 0 Å². The molecule has 3 heterocycles. The number of alkyl halides is 3. The van der Waals surface area contributed by atoms with Crippen LogP contribution in [0.2, 0.25) is 0 Å². The molecule has 1 aliphatic heterocycles. The number of nitrogens with zero attached hydrogens (tertiary/aromatic N) is 7. The molecule has 190 valence electrons. The van der Waals surface area contributed by atoms with E-state index in [9.17, 15) is 18.0 Å². The molecule has 2 aromatic heterocycles. The third kappa shape index (κ3) is 5.08. The molecule has 3 aromatic rings. The molecule has 3 atom stereocenters. The SMILES string of the molecule is CN(c1ccccc1)c1nc(N)nc(-c2noc(C(=O)N3CC4C(COCCC(F)(F)F)[C@H]4C3)n2)n1. The summed E-state index contributed by atoms with van der Waals surface area (Å²) in [6.45, 7) is 0.828. The summed E-state index contributed by atoms with van der Waals surface area (Å²) >= 11 is 0. The van der Waals surface area contributed by atoms with Crippen molar-refractivity contribution in [1.82, 2.24) is 30.0 Å². The molecule has 5 rings (SSSR count). The van der Waals surface area contributed by atoms with Crippen LogP contribution < -0.4 is 10.6 Å². The molecule has 2 N–H and O–H groups in total. The average molecular weight is 504 g/mol. The molecule has 0 spiro atoms. The Morgan fingerprint density at radius 2 is 1.86 bits per heavy atom. The van der Waals surface area contributed by atoms with E-state index in [2.05, 4.69) is 25.1 Å². The minimum Gasteiger partial charge on any atom is -0.381 e. The second-order valence-corrected chi connectivity index (χ2v) is 8.78. The summed E-state index contributed by atoms with van der Waals surface area (Å²) in [6, 6.07) is 9.40. The van der Waals surface area contributed by atoms with E-state index in [0.717, 1.165) is 5.69 Å². The molecule has 0 bridgehead atoms. The van der Waals surface area contributed by atoms with Crippen LogP contribution in [0.15, 0.2) is 34.9 Å². The number of fused-ring (bicyclic) bond motifs is 1. The number of amides is 1. The number of hydrogen-bond acceptors (Lipinski definition) is 10. The summed E-state index contributed by atoms with van der Waals surface area (Å²) in [5.41, 5.74) is 6.69. The molecular weight excluding hydrogens is 481 g/mol. The van der Waals surface area contributed by atoms with E-state index in [0.29, 0.717) is 13.1 Å². The summed E-state index contributed by atoms with van der Waals surface area (Å²) < 4.78 is 47.0. The lowest BCUT2D eigenvalue weighted by atomic mass is 10.2. The molecule has 2 fully saturated rings. The van der Waals surface area contributed by atoms with Gasteiger partial charge in [0.25, 0.3) is 0 Å². The van der Waals surface area contributed by atoms with Gasteiger partial charge in [0.2, 0.25) is 23.5 Å². The molecule has 11 nitrogen and oxygen atoms in total. The Morgan fingerprint density at radius 1 is 1.14 bits per heavy atom. The molecule has 2 unspecified atom stereocenters. The van der Waals surface area contributed by atoms with Crippen LogP contribution in [0.4, 0.5) is 30.8 Å². The quantitative estimate of drug-likeness (QED) is 0.456. The topological polar surface area (TPSA) is 136 Å². The van der Waals surface area contributed by atoms with Gasteiger partial charge in [0.05, 0.1) is 19.6 Å². The monoisotopic (exact) mass is 504 g/mol. The Labute approximate surface area is 203 Å². The van der Waals surface area contributed by atoms with Crippen LogP contribution in [-0.2, 0) is 4.74 Å². The number of anilines is 3. The van der Waals surface area contributed by atoms with Gasteiger partial charge in [-0.15, -0.1) is 0 Å². The third-order valence-corrected chi connectivity index (χ3v) is 6.39. The van der Waals surface area contributed by atoms with Crippen molar-refractivity contribution in [3.05, 3.63) is 36.2 Å². The Kier molecular flexibility index (Phi) is 6.20. The number of nitrogens with two attached hydrogens (primary N) is 1. The van der Waals surface area contributed by atoms with Crippen LogP contribution in [0.1, 0.15) is 17.1 Å². The number of ether oxygens (including phenoxy) is 1. The van der Waals surface area contributed by atoms with Crippen LogP contribution in [0.3, 0.4) is 0 Å². The fraction of sp³-hybridized carbons (Fsp3) is 0.455. The van der Waals surface area contributed by atoms with Gasteiger partial charge in [0.1, 0.15) is 0 Å². The van der Waals surface area contributed by atoms with E-state index < -0.39 is 18.5 Å². The number of halogens is 3. The van der Waals surface area contributed by atoms with Crippen molar-refractivity contribution in [2.75, 3.05) is 44.0 Å². The van der Waals surface area contributed by atoms with Gasteiger partial charge in [-0.05, 0) is 29.9 Å². The van der Waals surface area contributed by atoms with Crippen molar-refractivity contribution in [3.63, 3.8) is 0 Å². The third-order valence-electron chi connectivity index (χ3n) is 6.39. The standard InChI is InChI=1S/C22H23F3N8O3/c1-32(12-5-3-2-4-6-12)21-29-16(28-20(26)30-21)17-27-18(36-31-17)19(34)33-9-13-14(10-33)15(13)11-35-8-7-22(23,24)25/h2-6,13-15H,7-11H2,1H3,(H2,26,28,29,30)/t13-,14?,15?/m0/s1. The minimum absolute atomic E-state index is 0.00420. The van der Waals surface area contributed by atoms with Gasteiger partial charge in [-0.3, -0.25) is 4.79 Å². The smallest absolute Gasteiger partial charge is 0.381 e. The van der Waals surface area contributed by atoms with Gasteiger partial charge >= 0.3 is 18.0 Å². The summed E-state index contributed by atoms with van der Waals surface area (Å²) in [5.74, 6) is 0.196. The first kappa shape index (κ1) is 23.9. The van der Waals surface area contributed by atoms with E-state index in [1.165, 1.54) is 0 Å². The number of likely N-dealkylation sites (tertiary alicyclic amines) is 1. The van der Waals surface area contributed by atoms with Crippen molar-refractivity contribution in [2.45, 2.75) is 12.6 Å². The maximum Gasteiger partial charge on any atom is 0.391 e. The predicted molar refractivity (Wildman–Crippen MR) is 120 cm³/mol. The highest BCUT2D eigenvalue weighted by atomic mass is 19.4. The van der Waals surface area contributed by atoms with Crippen molar-refractivity contribution < 1.29 is 27.2 Å². The molecular formula is C22H23F3N8O3. The number of benzene rings is 1. The summed E-state index contributed by atoms with van der Waals surface area (Å²) in [4.78, 5) is 32.9. The lowest BCUT2D eigenvalue weighted by molar-refractivity contribution is -0.145. The Morgan fingerprint density at radius 3 is 2.56 bits per heavy atom. The number of rotatable bonds is 8. The molecule has 0 radical (unpaired) electrons. The predicted octanol–water partition coefficient (Wildman–Crippen LogP) is 2.56. The molecule has 14 heteroatoms. The molecule has 1 saturated heterocycles. The number of carbonyl (C=O) groups is 1. The van der Waals surface area contributed by atoms with Crippen LogP contribution in [-0.4, -0.2) is 75.4 Å². The Bertz CT molecular complexity index is 1230. The van der Waals surface area contributed by atoms with E-state index >= 15 is 0 Å². The first-order valence-corrected chi connectivity index (χ1v) is 11.3. The lowest BCUT2D eigenvalue weighted by Crippen LogP contribution is -2.32. The van der Waals surface area contributed by atoms with E-state index in [-0.39, 0.29) is 60.4 Å². The molecule has 36 heavy (non-hydrogen) atoms. The summed E-state index contributed by atoms with van der Waals surface area (Å²) in [7, 11) is 1.77. The maximum atomic E-state index is 12.8. The zero-order chi connectivity index (χ0) is 25.4. The number of hydrogen-bond donors (Lipinski definition) is 1. The first-order chi connectivity index (χ1) is 17.2. The zero-order valence-electron chi connectivity index (χ0n) is 19.2. The molecule has 2 aliphatic rings. The summed E-state index contributed by atoms with van der Waals surface area (Å²) in [5, 5.41) is 3.84. The number of para-hydroxylation sites is 1. The molecule has 1 aliphatic carbocycles. The molecule has 1 amide bonds. The molecule has 1 saturated carbocycles. The van der Waals surface area contributed by atoms with Crippen LogP contribution >= 0.6 is 0 Å². The zero-order valence-corrected chi connectivity index (χ0v) is 19.2. The number of aromatic nitrogens is 5. The Balaban J connectivity index is 1.19. The largest absolute Gasteiger partial charge is 0.391 e. The second-order valence-electron chi connectivity index (χ2n) is 8.78. The van der Waals surface area contributed by atoms with Gasteiger partial charge in [-0.1, -0.05) is 23.4 Å². The van der Waals surface area contributed by atoms with Gasteiger partial charge in [0, 0.05) is 25.8 Å². The second kappa shape index (κ2) is 9.33. The number of nitrogen functional groups attached to an aromatic ring is 1. The fourth-order valence-electron chi connectivity index (χ4n) is 4.40. The van der Waals surface area contributed by atoms with Crippen molar-refractivity contribution >= 4 is 23.5 Å². The van der Waals surface area contributed by atoms with Gasteiger partial charge in [0.15, 0.2) is 0 Å². The van der Waals surface area contributed by atoms with E-state index in [1.807, 2.05) is 30.3 Å². The van der Waals surface area contributed by atoms with Gasteiger partial charge in [-0.2, -0.15) is 33.1 Å². The maximum absolute atomic E-state index is 12.8. The van der Waals surface area contributed by atoms with Crippen molar-refractivity contribution in [1.29, 1.82) is 0 Å². The van der Waals surface area contributed by atoms with Crippen LogP contribution in [0, 0.1) is 17.8 Å². The highest BCUT2D eigenvalue weighted by molar-refractivity contribution is 5.90. The van der Waals surface area contributed by atoms with Crippen LogP contribution in [0.25, 0.3) is 11.6 Å². The number of piperidine rings is 1. The fourth-order valence-corrected chi connectivity index (χ4v) is 4.40. The Hall–Kier alpha value is -3.81. The minimum atomic E-state index is -4.22. The lowest BCUT2D eigenvalue weighted by Gasteiger charge is -2.17. The van der Waals surface area contributed by atoms with E-state index in [4.69, 9.17) is 15.0 Å². The van der Waals surface area contributed by atoms with Crippen LogP contribution in [0.5, 0.6) is 0 Å². The first-order valence-electron chi connectivity index (χ1n) is 11.3. The number of carbonyl (C=O) groups excluding carboxylic acids is 1. The van der Waals surface area contributed by atoms with Crippen molar-refractivity contribution in [2.24, 2.45) is 17.8 Å². The van der Waals surface area contributed by atoms with E-state index in [1.54, 1.807) is 16.8 Å². The highest BCUT2D eigenvalue weighted by Gasteiger charge is 2.57. The molecule has 1 aromatic carbocycles. The van der Waals surface area contributed by atoms with Gasteiger partial charge < -0.3 is 24.8 Å². The summed E-state index contributed by atoms with van der Waals surface area (Å²) in [6.07, 6.45) is -5.19. The average Bonchev–Trinajstić information content (AvgIpc) is 3.22. The normalized spacial score (nSPS) is 20.9. The highest BCUT2D eigenvalue weighted by Crippen LogP contribution is 2.52.